The first-order valence-corrected chi connectivity index (χ1v) is 9.58. The Bertz CT molecular complexity index is 968. The summed E-state index contributed by atoms with van der Waals surface area (Å²) >= 11 is 6.95. The van der Waals surface area contributed by atoms with E-state index in [0.29, 0.717) is 28.8 Å². The standard InChI is InChI=1S/C19H15ClN4O3S/c20-14-3-7-16(8-4-14)26-11-18-23-24-19(27-18)28-12-17(25)22-15-5-1-13(2-6-15)9-10-21/h1-8H,9,11-12H2,(H,22,25). The summed E-state index contributed by atoms with van der Waals surface area (Å²) in [5.74, 6) is 0.873. The minimum absolute atomic E-state index is 0.121. The normalized spacial score (nSPS) is 10.3. The van der Waals surface area contributed by atoms with Gasteiger partial charge in [0.25, 0.3) is 11.1 Å². The van der Waals surface area contributed by atoms with Gasteiger partial charge in [0.1, 0.15) is 5.75 Å². The number of hydrogen-bond donors (Lipinski definition) is 1. The van der Waals surface area contributed by atoms with E-state index in [0.717, 1.165) is 17.3 Å². The maximum atomic E-state index is 12.0. The smallest absolute Gasteiger partial charge is 0.277 e. The van der Waals surface area contributed by atoms with Crippen LogP contribution in [0.4, 0.5) is 5.69 Å². The van der Waals surface area contributed by atoms with E-state index in [2.05, 4.69) is 21.6 Å². The van der Waals surface area contributed by atoms with Gasteiger partial charge in [0.05, 0.1) is 18.2 Å². The van der Waals surface area contributed by atoms with E-state index >= 15 is 0 Å². The lowest BCUT2D eigenvalue weighted by molar-refractivity contribution is -0.113. The van der Waals surface area contributed by atoms with E-state index < -0.39 is 0 Å². The molecule has 3 rings (SSSR count). The number of halogens is 1. The molecule has 0 bridgehead atoms. The van der Waals surface area contributed by atoms with Crippen molar-refractivity contribution in [2.24, 2.45) is 0 Å². The molecule has 0 atom stereocenters. The number of carbonyl (C=O) groups excluding carboxylic acids is 1. The Morgan fingerprint density at radius 3 is 2.64 bits per heavy atom. The van der Waals surface area contributed by atoms with Crippen LogP contribution >= 0.6 is 23.4 Å². The van der Waals surface area contributed by atoms with Crippen molar-refractivity contribution in [2.75, 3.05) is 11.1 Å². The van der Waals surface area contributed by atoms with Crippen molar-refractivity contribution in [2.45, 2.75) is 18.3 Å². The zero-order valence-electron chi connectivity index (χ0n) is 14.6. The molecule has 7 nitrogen and oxygen atoms in total. The van der Waals surface area contributed by atoms with Gasteiger partial charge in [-0.25, -0.2) is 0 Å². The first kappa shape index (κ1) is 19.7. The van der Waals surface area contributed by atoms with Crippen LogP contribution in [-0.2, 0) is 17.8 Å². The first-order valence-electron chi connectivity index (χ1n) is 8.21. The molecule has 1 aromatic heterocycles. The van der Waals surface area contributed by atoms with E-state index in [1.165, 1.54) is 0 Å². The Labute approximate surface area is 170 Å². The van der Waals surface area contributed by atoms with Gasteiger partial charge in [0.2, 0.25) is 5.91 Å². The number of nitrogens with one attached hydrogen (secondary N) is 1. The fourth-order valence-corrected chi connectivity index (χ4v) is 2.86. The molecule has 0 radical (unpaired) electrons. The molecule has 0 saturated carbocycles. The third kappa shape index (κ3) is 6.01. The fourth-order valence-electron chi connectivity index (χ4n) is 2.15. The van der Waals surface area contributed by atoms with Gasteiger partial charge in [-0.05, 0) is 42.0 Å². The van der Waals surface area contributed by atoms with Crippen LogP contribution in [0, 0.1) is 11.3 Å². The Morgan fingerprint density at radius 2 is 1.93 bits per heavy atom. The zero-order chi connectivity index (χ0) is 19.8. The molecule has 1 N–H and O–H groups in total. The summed E-state index contributed by atoms with van der Waals surface area (Å²) in [6.45, 7) is 0.121. The number of nitrogens with zero attached hydrogens (tertiary/aromatic N) is 3. The summed E-state index contributed by atoms with van der Waals surface area (Å²) in [5, 5.41) is 20.1. The molecule has 28 heavy (non-hydrogen) atoms. The second-order valence-corrected chi connectivity index (χ2v) is 6.94. The molecule has 0 saturated heterocycles. The van der Waals surface area contributed by atoms with E-state index in [1.54, 1.807) is 48.5 Å². The van der Waals surface area contributed by atoms with Gasteiger partial charge < -0.3 is 14.5 Å². The number of carbonyl (C=O) groups is 1. The van der Waals surface area contributed by atoms with Gasteiger partial charge in [-0.2, -0.15) is 5.26 Å². The number of aromatic nitrogens is 2. The number of benzene rings is 2. The lowest BCUT2D eigenvalue weighted by Gasteiger charge is -2.04. The van der Waals surface area contributed by atoms with Crippen molar-refractivity contribution in [3.05, 3.63) is 65.0 Å². The minimum Gasteiger partial charge on any atom is -0.484 e. The average molecular weight is 415 g/mol. The number of nitriles is 1. The number of hydrogen-bond acceptors (Lipinski definition) is 7. The lowest BCUT2D eigenvalue weighted by atomic mass is 10.1. The molecule has 0 aliphatic heterocycles. The quantitative estimate of drug-likeness (QED) is 0.553. The van der Waals surface area contributed by atoms with Crippen LogP contribution in [0.3, 0.4) is 0 Å². The Hall–Kier alpha value is -3.02. The van der Waals surface area contributed by atoms with Gasteiger partial charge in [0, 0.05) is 10.7 Å². The van der Waals surface area contributed by atoms with E-state index in [9.17, 15) is 4.79 Å². The molecule has 142 valence electrons. The molecule has 0 fully saturated rings. The number of anilines is 1. The topological polar surface area (TPSA) is 101 Å². The highest BCUT2D eigenvalue weighted by Gasteiger charge is 2.11. The summed E-state index contributed by atoms with van der Waals surface area (Å²) in [6.07, 6.45) is 0.339. The summed E-state index contributed by atoms with van der Waals surface area (Å²) in [6, 6.07) is 16.1. The second-order valence-electron chi connectivity index (χ2n) is 5.57. The van der Waals surface area contributed by atoms with Crippen LogP contribution in [0.2, 0.25) is 5.02 Å². The lowest BCUT2D eigenvalue weighted by Crippen LogP contribution is -2.13. The zero-order valence-corrected chi connectivity index (χ0v) is 16.2. The van der Waals surface area contributed by atoms with Crippen molar-refractivity contribution in [3.63, 3.8) is 0 Å². The predicted octanol–water partition coefficient (Wildman–Crippen LogP) is 4.10. The molecule has 0 aliphatic carbocycles. The van der Waals surface area contributed by atoms with Gasteiger partial charge >= 0.3 is 0 Å². The van der Waals surface area contributed by atoms with Crippen LogP contribution < -0.4 is 10.1 Å². The van der Waals surface area contributed by atoms with Crippen molar-refractivity contribution in [1.82, 2.24) is 10.2 Å². The van der Waals surface area contributed by atoms with Crippen molar-refractivity contribution < 1.29 is 13.9 Å². The van der Waals surface area contributed by atoms with Crippen LogP contribution in [0.5, 0.6) is 5.75 Å². The fraction of sp³-hybridized carbons (Fsp3) is 0.158. The Kier molecular flexibility index (Phi) is 6.89. The summed E-state index contributed by atoms with van der Waals surface area (Å²) < 4.78 is 11.0. The van der Waals surface area contributed by atoms with E-state index in [-0.39, 0.29) is 23.5 Å². The van der Waals surface area contributed by atoms with Crippen LogP contribution in [0.15, 0.2) is 58.2 Å². The molecule has 0 spiro atoms. The number of ether oxygens (including phenoxy) is 1. The van der Waals surface area contributed by atoms with Gasteiger partial charge in [-0.15, -0.1) is 10.2 Å². The van der Waals surface area contributed by atoms with E-state index in [4.69, 9.17) is 26.0 Å². The first-order chi connectivity index (χ1) is 13.6. The Balaban J connectivity index is 1.43. The highest BCUT2D eigenvalue weighted by molar-refractivity contribution is 7.99. The molecule has 2 aromatic carbocycles. The highest BCUT2D eigenvalue weighted by atomic mass is 35.5. The van der Waals surface area contributed by atoms with Crippen molar-refractivity contribution in [3.8, 4) is 11.8 Å². The summed E-state index contributed by atoms with van der Waals surface area (Å²) in [4.78, 5) is 12.0. The van der Waals surface area contributed by atoms with Crippen molar-refractivity contribution in [1.29, 1.82) is 5.26 Å². The molecular weight excluding hydrogens is 400 g/mol. The monoisotopic (exact) mass is 414 g/mol. The van der Waals surface area contributed by atoms with Gasteiger partial charge in [-0.1, -0.05) is 35.5 Å². The van der Waals surface area contributed by atoms with Gasteiger partial charge in [-0.3, -0.25) is 4.79 Å². The Morgan fingerprint density at radius 1 is 1.18 bits per heavy atom. The molecule has 9 heteroatoms. The second kappa shape index (κ2) is 9.78. The van der Waals surface area contributed by atoms with Crippen LogP contribution in [-0.4, -0.2) is 21.9 Å². The SMILES string of the molecule is N#CCc1ccc(NC(=O)CSc2nnc(COc3ccc(Cl)cc3)o2)cc1. The maximum Gasteiger partial charge on any atom is 0.277 e. The summed E-state index contributed by atoms with van der Waals surface area (Å²) in [5.41, 5.74) is 1.56. The molecule has 3 aromatic rings. The molecule has 1 amide bonds. The molecule has 0 unspecified atom stereocenters. The van der Waals surface area contributed by atoms with Gasteiger partial charge in [0.15, 0.2) is 6.61 Å². The number of amides is 1. The average Bonchev–Trinajstić information content (AvgIpc) is 3.16. The van der Waals surface area contributed by atoms with Crippen LogP contribution in [0.1, 0.15) is 11.5 Å². The maximum absolute atomic E-state index is 12.0. The minimum atomic E-state index is -0.199. The van der Waals surface area contributed by atoms with Crippen LogP contribution in [0.25, 0.3) is 0 Å². The highest BCUT2D eigenvalue weighted by Crippen LogP contribution is 2.19. The molecular formula is C19H15ClN4O3S. The third-order valence-electron chi connectivity index (χ3n) is 3.47. The molecule has 0 aliphatic rings. The number of rotatable bonds is 8. The predicted molar refractivity (Wildman–Crippen MR) is 105 cm³/mol. The van der Waals surface area contributed by atoms with E-state index in [1.807, 2.05) is 0 Å². The third-order valence-corrected chi connectivity index (χ3v) is 4.54. The summed E-state index contributed by atoms with van der Waals surface area (Å²) in [7, 11) is 0. The molecule has 1 heterocycles. The number of thioether (sulfide) groups is 1. The largest absolute Gasteiger partial charge is 0.484 e. The van der Waals surface area contributed by atoms with Crippen molar-refractivity contribution >= 4 is 35.0 Å².